The summed E-state index contributed by atoms with van der Waals surface area (Å²) in [5.74, 6) is 0.0432. The van der Waals surface area contributed by atoms with Gasteiger partial charge in [-0.1, -0.05) is 11.6 Å². The molecular formula is C2H5Cl2O3P. The zero-order chi connectivity index (χ0) is 6.57. The third-order valence-corrected chi connectivity index (χ3v) is 1.58. The molecule has 0 aromatic carbocycles. The van der Waals surface area contributed by atoms with E-state index in [0.29, 0.717) is 0 Å². The predicted octanol–water partition coefficient (Wildman–Crippen LogP) is 1.02. The van der Waals surface area contributed by atoms with E-state index in [1.54, 1.807) is 0 Å². The molecule has 0 aromatic rings. The van der Waals surface area contributed by atoms with Crippen LogP contribution in [0.2, 0.25) is 0 Å². The van der Waals surface area contributed by atoms with Gasteiger partial charge in [0, 0.05) is 0 Å². The molecule has 0 fully saturated rings. The van der Waals surface area contributed by atoms with Gasteiger partial charge in [-0.05, 0) is 0 Å². The van der Waals surface area contributed by atoms with Gasteiger partial charge >= 0.3 is 8.60 Å². The Morgan fingerprint density at radius 3 is 2.25 bits per heavy atom. The maximum absolute atomic E-state index is 8.11. The third kappa shape index (κ3) is 5.04. The molecule has 0 rings (SSSR count). The second kappa shape index (κ2) is 4.74. The van der Waals surface area contributed by atoms with Crippen LogP contribution in [0.3, 0.4) is 0 Å². The fraction of sp³-hybridized carbons (Fsp3) is 1.00. The van der Waals surface area contributed by atoms with Crippen molar-refractivity contribution >= 4 is 31.8 Å². The van der Waals surface area contributed by atoms with Gasteiger partial charge in [-0.2, -0.15) is 0 Å². The van der Waals surface area contributed by atoms with E-state index in [4.69, 9.17) is 33.0 Å². The van der Waals surface area contributed by atoms with Gasteiger partial charge in [0.2, 0.25) is 0 Å². The second-order valence-electron chi connectivity index (χ2n) is 0.923. The van der Waals surface area contributed by atoms with Crippen molar-refractivity contribution in [3.8, 4) is 0 Å². The quantitative estimate of drug-likeness (QED) is 0.502. The van der Waals surface area contributed by atoms with Crippen LogP contribution in [0.5, 0.6) is 0 Å². The average molecular weight is 179 g/mol. The summed E-state index contributed by atoms with van der Waals surface area (Å²) >= 11 is 10.3. The molecule has 0 aliphatic carbocycles. The average Bonchev–Trinajstić information content (AvgIpc) is 1.65. The summed E-state index contributed by atoms with van der Waals surface area (Å²) in [6, 6.07) is 0. The van der Waals surface area contributed by atoms with E-state index in [0.717, 1.165) is 0 Å². The first-order valence-corrected chi connectivity index (χ1v) is 3.85. The summed E-state index contributed by atoms with van der Waals surface area (Å²) in [6.45, 7) is 0. The summed E-state index contributed by atoms with van der Waals surface area (Å²) < 4.78 is 4.21. The largest absolute Gasteiger partial charge is 0.328 e. The van der Waals surface area contributed by atoms with Crippen LogP contribution in [0, 0.1) is 0 Å². The lowest BCUT2D eigenvalue weighted by Crippen LogP contribution is -2.01. The van der Waals surface area contributed by atoms with E-state index in [1.165, 1.54) is 0 Å². The Balaban J connectivity index is 3.10. The van der Waals surface area contributed by atoms with Gasteiger partial charge in [0.25, 0.3) is 0 Å². The van der Waals surface area contributed by atoms with Crippen molar-refractivity contribution in [3.05, 3.63) is 0 Å². The topological polar surface area (TPSA) is 49.7 Å². The van der Waals surface area contributed by atoms with Crippen molar-refractivity contribution in [1.29, 1.82) is 0 Å². The fourth-order valence-corrected chi connectivity index (χ4v) is 0.774. The monoisotopic (exact) mass is 178 g/mol. The van der Waals surface area contributed by atoms with Gasteiger partial charge in [-0.3, -0.25) is 4.52 Å². The van der Waals surface area contributed by atoms with E-state index in [2.05, 4.69) is 4.52 Å². The lowest BCUT2D eigenvalue weighted by atomic mass is 10.9. The van der Waals surface area contributed by atoms with E-state index < -0.39 is 14.2 Å². The van der Waals surface area contributed by atoms with Crippen LogP contribution < -0.4 is 0 Å². The first-order chi connectivity index (χ1) is 3.66. The van der Waals surface area contributed by atoms with E-state index in [1.807, 2.05) is 0 Å². The zero-order valence-corrected chi connectivity index (χ0v) is 6.20. The molecule has 8 heavy (non-hydrogen) atoms. The van der Waals surface area contributed by atoms with Crippen molar-refractivity contribution < 1.29 is 14.3 Å². The number of halogens is 2. The number of hydrogen-bond donors (Lipinski definition) is 2. The van der Waals surface area contributed by atoms with Crippen LogP contribution in [0.15, 0.2) is 0 Å². The molecule has 2 N–H and O–H groups in total. The SMILES string of the molecule is OP(O)OC(Cl)CCl. The lowest BCUT2D eigenvalue weighted by Gasteiger charge is -2.05. The Morgan fingerprint density at radius 1 is 1.62 bits per heavy atom. The van der Waals surface area contributed by atoms with E-state index in [-0.39, 0.29) is 5.88 Å². The van der Waals surface area contributed by atoms with Crippen molar-refractivity contribution in [2.45, 2.75) is 5.56 Å². The highest BCUT2D eigenvalue weighted by atomic mass is 35.5. The van der Waals surface area contributed by atoms with Crippen LogP contribution in [0.1, 0.15) is 0 Å². The van der Waals surface area contributed by atoms with Gasteiger partial charge < -0.3 is 9.79 Å². The minimum atomic E-state index is -2.36. The van der Waals surface area contributed by atoms with E-state index in [9.17, 15) is 0 Å². The summed E-state index contributed by atoms with van der Waals surface area (Å²) in [7, 11) is -2.36. The Labute approximate surface area is 58.2 Å². The molecule has 0 amide bonds. The third-order valence-electron chi connectivity index (χ3n) is 0.330. The Bertz CT molecular complexity index is 61.2. The molecule has 0 bridgehead atoms. The van der Waals surface area contributed by atoms with Gasteiger partial charge in [0.15, 0.2) is 5.56 Å². The molecule has 0 saturated carbocycles. The highest BCUT2D eigenvalue weighted by Gasteiger charge is 2.07. The second-order valence-corrected chi connectivity index (χ2v) is 2.43. The van der Waals surface area contributed by atoms with Crippen molar-refractivity contribution in [2.75, 3.05) is 5.88 Å². The summed E-state index contributed by atoms with van der Waals surface area (Å²) in [6.07, 6.45) is 0. The molecule has 0 aliphatic rings. The molecule has 1 atom stereocenters. The molecule has 0 heterocycles. The number of rotatable bonds is 3. The first-order valence-electron chi connectivity index (χ1n) is 1.71. The summed E-state index contributed by atoms with van der Waals surface area (Å²) in [5, 5.41) is 0. The van der Waals surface area contributed by atoms with E-state index >= 15 is 0 Å². The molecule has 3 nitrogen and oxygen atoms in total. The van der Waals surface area contributed by atoms with Gasteiger partial charge in [-0.25, -0.2) is 0 Å². The standard InChI is InChI=1S/C2H5Cl2O3P/c3-1-2(4)7-8(5)6/h2,5-6H,1H2. The zero-order valence-electron chi connectivity index (χ0n) is 3.79. The molecule has 0 aliphatic heterocycles. The van der Waals surface area contributed by atoms with Gasteiger partial charge in [0.05, 0.1) is 5.88 Å². The number of hydrogen-bond acceptors (Lipinski definition) is 3. The highest BCUT2D eigenvalue weighted by Crippen LogP contribution is 2.28. The predicted molar refractivity (Wildman–Crippen MR) is 32.8 cm³/mol. The molecule has 50 valence electrons. The first kappa shape index (κ1) is 8.89. The normalized spacial score (nSPS) is 14.6. The lowest BCUT2D eigenvalue weighted by molar-refractivity contribution is 0.245. The summed E-state index contributed by atoms with van der Waals surface area (Å²) in [4.78, 5) is 16.2. The molecule has 6 heteroatoms. The molecule has 0 saturated heterocycles. The molecular weight excluding hydrogens is 174 g/mol. The number of alkyl halides is 2. The van der Waals surface area contributed by atoms with Crippen molar-refractivity contribution in [2.24, 2.45) is 0 Å². The Hall–Kier alpha value is 0.890. The highest BCUT2D eigenvalue weighted by molar-refractivity contribution is 7.39. The molecule has 0 spiro atoms. The fourth-order valence-electron chi connectivity index (χ4n) is 0.130. The maximum atomic E-state index is 8.11. The van der Waals surface area contributed by atoms with Crippen LogP contribution in [-0.2, 0) is 4.52 Å². The smallest absolute Gasteiger partial charge is 0.328 e. The van der Waals surface area contributed by atoms with Gasteiger partial charge in [-0.15, -0.1) is 11.6 Å². The van der Waals surface area contributed by atoms with Gasteiger partial charge in [0.1, 0.15) is 0 Å². The Morgan fingerprint density at radius 2 is 2.12 bits per heavy atom. The molecule has 0 radical (unpaired) electrons. The summed E-state index contributed by atoms with van der Waals surface area (Å²) in [5.41, 5.74) is -0.808. The van der Waals surface area contributed by atoms with Crippen LogP contribution in [-0.4, -0.2) is 21.2 Å². The van der Waals surface area contributed by atoms with Crippen molar-refractivity contribution in [3.63, 3.8) is 0 Å². The minimum Gasteiger partial charge on any atom is -0.328 e. The van der Waals surface area contributed by atoms with Crippen LogP contribution in [0.25, 0.3) is 0 Å². The Kier molecular flexibility index (Phi) is 5.27. The van der Waals surface area contributed by atoms with Crippen LogP contribution in [0.4, 0.5) is 0 Å². The maximum Gasteiger partial charge on any atom is 0.328 e. The van der Waals surface area contributed by atoms with Crippen molar-refractivity contribution in [1.82, 2.24) is 0 Å². The molecule has 1 unspecified atom stereocenters. The van der Waals surface area contributed by atoms with Crippen LogP contribution >= 0.6 is 31.8 Å². The molecule has 0 aromatic heterocycles. The minimum absolute atomic E-state index is 0.0432.